The Labute approximate surface area is 118 Å². The molecular weight excluding hydrogens is 290 g/mol. The van der Waals surface area contributed by atoms with Crippen molar-refractivity contribution in [1.82, 2.24) is 4.31 Å². The molecule has 5 nitrogen and oxygen atoms in total. The Morgan fingerprint density at radius 2 is 2.05 bits per heavy atom. The van der Waals surface area contributed by atoms with Crippen LogP contribution in [-0.4, -0.2) is 38.4 Å². The van der Waals surface area contributed by atoms with Gasteiger partial charge in [-0.05, 0) is 25.1 Å². The monoisotopic (exact) mass is 305 g/mol. The highest BCUT2D eigenvalue weighted by atomic mass is 35.5. The number of benzene rings is 1. The minimum Gasteiger partial charge on any atom is -0.465 e. The number of carbonyl (C=O) groups excluding carboxylic acids is 1. The summed E-state index contributed by atoms with van der Waals surface area (Å²) < 4.78 is 30.4. The van der Waals surface area contributed by atoms with Crippen molar-refractivity contribution in [2.24, 2.45) is 0 Å². The van der Waals surface area contributed by atoms with E-state index in [-0.39, 0.29) is 24.6 Å². The van der Waals surface area contributed by atoms with E-state index in [0.717, 1.165) is 4.31 Å². The van der Waals surface area contributed by atoms with Crippen molar-refractivity contribution >= 4 is 27.6 Å². The van der Waals surface area contributed by atoms with Gasteiger partial charge in [0.05, 0.1) is 11.5 Å². The maximum absolute atomic E-state index is 12.3. The van der Waals surface area contributed by atoms with Crippen LogP contribution in [0.1, 0.15) is 13.8 Å². The number of sulfonamides is 1. The number of hydrogen-bond acceptors (Lipinski definition) is 4. The summed E-state index contributed by atoms with van der Waals surface area (Å²) in [5, 5.41) is 0.327. The maximum Gasteiger partial charge on any atom is 0.321 e. The average molecular weight is 306 g/mol. The Kier molecular flexibility index (Phi) is 5.78. The molecule has 0 aromatic heterocycles. The minimum atomic E-state index is -3.74. The van der Waals surface area contributed by atoms with E-state index >= 15 is 0 Å². The third kappa shape index (κ3) is 4.19. The molecule has 0 aliphatic rings. The summed E-state index contributed by atoms with van der Waals surface area (Å²) in [7, 11) is -3.74. The summed E-state index contributed by atoms with van der Waals surface area (Å²) in [4.78, 5) is 11.5. The molecular formula is C12H16ClNO4S. The zero-order valence-electron chi connectivity index (χ0n) is 10.8. The summed E-state index contributed by atoms with van der Waals surface area (Å²) >= 11 is 5.78. The topological polar surface area (TPSA) is 63.7 Å². The smallest absolute Gasteiger partial charge is 0.321 e. The maximum atomic E-state index is 12.3. The first-order valence-electron chi connectivity index (χ1n) is 5.83. The molecule has 0 spiro atoms. The molecule has 0 amide bonds. The molecule has 0 fully saturated rings. The quantitative estimate of drug-likeness (QED) is 0.753. The molecule has 19 heavy (non-hydrogen) atoms. The summed E-state index contributed by atoms with van der Waals surface area (Å²) in [5.41, 5.74) is 0. The van der Waals surface area contributed by atoms with Gasteiger partial charge in [0.1, 0.15) is 6.54 Å². The lowest BCUT2D eigenvalue weighted by atomic mass is 10.4. The van der Waals surface area contributed by atoms with E-state index in [1.54, 1.807) is 26.0 Å². The number of ether oxygens (including phenoxy) is 1. The second-order valence-electron chi connectivity index (χ2n) is 3.69. The van der Waals surface area contributed by atoms with Crippen molar-refractivity contribution in [3.8, 4) is 0 Å². The zero-order valence-corrected chi connectivity index (χ0v) is 12.4. The molecule has 0 aliphatic heterocycles. The Morgan fingerprint density at radius 1 is 1.37 bits per heavy atom. The molecule has 1 aromatic rings. The molecule has 0 radical (unpaired) electrons. The van der Waals surface area contributed by atoms with E-state index in [1.165, 1.54) is 12.1 Å². The van der Waals surface area contributed by atoms with E-state index in [1.807, 2.05) is 0 Å². The van der Waals surface area contributed by atoms with Crippen LogP contribution >= 0.6 is 11.6 Å². The van der Waals surface area contributed by atoms with Gasteiger partial charge in [0.2, 0.25) is 10.0 Å². The highest BCUT2D eigenvalue weighted by Gasteiger charge is 2.25. The van der Waals surface area contributed by atoms with Gasteiger partial charge in [-0.3, -0.25) is 4.79 Å². The van der Waals surface area contributed by atoms with E-state index in [4.69, 9.17) is 16.3 Å². The number of nitrogens with zero attached hydrogens (tertiary/aromatic N) is 1. The van der Waals surface area contributed by atoms with Crippen LogP contribution in [0.3, 0.4) is 0 Å². The van der Waals surface area contributed by atoms with Gasteiger partial charge in [-0.1, -0.05) is 24.6 Å². The van der Waals surface area contributed by atoms with Crippen molar-refractivity contribution in [2.75, 3.05) is 19.7 Å². The van der Waals surface area contributed by atoms with Crippen molar-refractivity contribution < 1.29 is 17.9 Å². The number of esters is 1. The molecule has 7 heteroatoms. The van der Waals surface area contributed by atoms with Crippen LogP contribution in [0.2, 0.25) is 5.02 Å². The van der Waals surface area contributed by atoms with Gasteiger partial charge in [-0.25, -0.2) is 8.42 Å². The predicted molar refractivity (Wildman–Crippen MR) is 72.5 cm³/mol. The Hall–Kier alpha value is -1.11. The lowest BCUT2D eigenvalue weighted by Crippen LogP contribution is -2.36. The largest absolute Gasteiger partial charge is 0.465 e. The molecule has 0 unspecified atom stereocenters. The Morgan fingerprint density at radius 3 is 2.58 bits per heavy atom. The third-order valence-corrected chi connectivity index (χ3v) is 4.55. The van der Waals surface area contributed by atoms with Crippen LogP contribution in [-0.2, 0) is 19.6 Å². The van der Waals surface area contributed by atoms with Crippen LogP contribution in [0.4, 0.5) is 0 Å². The molecule has 0 aliphatic carbocycles. The van der Waals surface area contributed by atoms with Gasteiger partial charge in [0, 0.05) is 11.6 Å². The van der Waals surface area contributed by atoms with Crippen LogP contribution in [0.15, 0.2) is 29.2 Å². The van der Waals surface area contributed by atoms with Crippen LogP contribution in [0.25, 0.3) is 0 Å². The average Bonchev–Trinajstić information content (AvgIpc) is 2.36. The molecule has 106 valence electrons. The lowest BCUT2D eigenvalue weighted by Gasteiger charge is -2.19. The van der Waals surface area contributed by atoms with Gasteiger partial charge in [-0.2, -0.15) is 4.31 Å². The molecule has 0 atom stereocenters. The van der Waals surface area contributed by atoms with E-state index in [0.29, 0.717) is 5.02 Å². The SMILES string of the molecule is CCOC(=O)CN(CC)S(=O)(=O)c1cccc(Cl)c1. The normalized spacial score (nSPS) is 11.6. The van der Waals surface area contributed by atoms with Gasteiger partial charge >= 0.3 is 5.97 Å². The fraction of sp³-hybridized carbons (Fsp3) is 0.417. The second kappa shape index (κ2) is 6.88. The number of halogens is 1. The fourth-order valence-electron chi connectivity index (χ4n) is 1.49. The van der Waals surface area contributed by atoms with Crippen molar-refractivity contribution in [1.29, 1.82) is 0 Å². The predicted octanol–water partition coefficient (Wildman–Crippen LogP) is 1.91. The Balaban J connectivity index is 2.99. The van der Waals surface area contributed by atoms with E-state index in [9.17, 15) is 13.2 Å². The molecule has 1 rings (SSSR count). The molecule has 0 saturated carbocycles. The number of carbonyl (C=O) groups is 1. The first-order valence-corrected chi connectivity index (χ1v) is 7.65. The van der Waals surface area contributed by atoms with E-state index in [2.05, 4.69) is 0 Å². The lowest BCUT2D eigenvalue weighted by molar-refractivity contribution is -0.143. The highest BCUT2D eigenvalue weighted by molar-refractivity contribution is 7.89. The van der Waals surface area contributed by atoms with E-state index < -0.39 is 16.0 Å². The van der Waals surface area contributed by atoms with Crippen LogP contribution in [0, 0.1) is 0 Å². The van der Waals surface area contributed by atoms with Crippen molar-refractivity contribution in [3.05, 3.63) is 29.3 Å². The molecule has 1 aromatic carbocycles. The summed E-state index contributed by atoms with van der Waals surface area (Å²) in [6, 6.07) is 5.93. The summed E-state index contributed by atoms with van der Waals surface area (Å²) in [6.45, 7) is 3.40. The van der Waals surface area contributed by atoms with Gasteiger partial charge in [-0.15, -0.1) is 0 Å². The first-order chi connectivity index (χ1) is 8.91. The van der Waals surface area contributed by atoms with Gasteiger partial charge in [0.15, 0.2) is 0 Å². The number of hydrogen-bond donors (Lipinski definition) is 0. The summed E-state index contributed by atoms with van der Waals surface area (Å²) in [6.07, 6.45) is 0. The Bertz CT molecular complexity index is 544. The second-order valence-corrected chi connectivity index (χ2v) is 6.07. The summed E-state index contributed by atoms with van der Waals surface area (Å²) in [5.74, 6) is -0.574. The fourth-order valence-corrected chi connectivity index (χ4v) is 3.19. The van der Waals surface area contributed by atoms with Crippen molar-refractivity contribution in [3.63, 3.8) is 0 Å². The van der Waals surface area contributed by atoms with Crippen LogP contribution in [0.5, 0.6) is 0 Å². The van der Waals surface area contributed by atoms with Gasteiger partial charge < -0.3 is 4.74 Å². The molecule has 0 saturated heterocycles. The highest BCUT2D eigenvalue weighted by Crippen LogP contribution is 2.19. The zero-order chi connectivity index (χ0) is 14.5. The minimum absolute atomic E-state index is 0.0612. The number of likely N-dealkylation sites (N-methyl/N-ethyl adjacent to an activating group) is 1. The van der Waals surface area contributed by atoms with Crippen LogP contribution < -0.4 is 0 Å². The van der Waals surface area contributed by atoms with Gasteiger partial charge in [0.25, 0.3) is 0 Å². The van der Waals surface area contributed by atoms with Crippen molar-refractivity contribution in [2.45, 2.75) is 18.7 Å². The third-order valence-electron chi connectivity index (χ3n) is 2.40. The first kappa shape index (κ1) is 15.9. The standard InChI is InChI=1S/C12H16ClNO4S/c1-3-14(9-12(15)18-4-2)19(16,17)11-7-5-6-10(13)8-11/h5-8H,3-4,9H2,1-2H3. The molecule has 0 bridgehead atoms. The molecule has 0 N–H and O–H groups in total. The number of rotatable bonds is 6. The molecule has 0 heterocycles.